The van der Waals surface area contributed by atoms with Crippen LogP contribution in [-0.2, 0) is 6.18 Å². The standard InChI is InChI=1S/C7H9F4IN2/c1-4-5(8)6(7(9,10)11)13-14(4)12(2)3/h1-3H3. The molecule has 0 aromatic carbocycles. The molecule has 1 aromatic rings. The van der Waals surface area contributed by atoms with Crippen molar-refractivity contribution < 1.29 is 17.6 Å². The molecule has 1 rings (SSSR count). The molecule has 82 valence electrons. The summed E-state index contributed by atoms with van der Waals surface area (Å²) in [6.07, 6.45) is -4.70. The van der Waals surface area contributed by atoms with Crippen molar-refractivity contribution in [1.82, 2.24) is 7.99 Å². The Balaban J connectivity index is 3.29. The second kappa shape index (κ2) is 3.67. The first-order valence-electron chi connectivity index (χ1n) is 3.58. The molecule has 0 saturated carbocycles. The van der Waals surface area contributed by atoms with Gasteiger partial charge in [-0.1, -0.05) is 0 Å². The van der Waals surface area contributed by atoms with Crippen LogP contribution in [0.15, 0.2) is 0 Å². The summed E-state index contributed by atoms with van der Waals surface area (Å²) in [5, 5.41) is 3.27. The normalized spacial score (nSPS) is 13.2. The SMILES string of the molecule is Cc1c(F)c(C(F)(F)F)nn1I(C)C. The Morgan fingerprint density at radius 1 is 1.29 bits per heavy atom. The molecule has 0 aliphatic heterocycles. The Morgan fingerprint density at radius 3 is 2.00 bits per heavy atom. The molecule has 0 aliphatic carbocycles. The zero-order valence-corrected chi connectivity index (χ0v) is 9.94. The van der Waals surface area contributed by atoms with Gasteiger partial charge in [-0.05, 0) is 0 Å². The number of hydrogen-bond acceptors (Lipinski definition) is 1. The zero-order valence-electron chi connectivity index (χ0n) is 7.78. The minimum atomic E-state index is -4.70. The van der Waals surface area contributed by atoms with Gasteiger partial charge in [0, 0.05) is 0 Å². The van der Waals surface area contributed by atoms with Gasteiger partial charge in [0.25, 0.3) is 0 Å². The second-order valence-corrected chi connectivity index (χ2v) is 7.82. The van der Waals surface area contributed by atoms with Crippen LogP contribution in [0.3, 0.4) is 0 Å². The van der Waals surface area contributed by atoms with Gasteiger partial charge in [0.2, 0.25) is 0 Å². The quantitative estimate of drug-likeness (QED) is 0.441. The van der Waals surface area contributed by atoms with Crippen LogP contribution >= 0.6 is 20.1 Å². The number of halogens is 5. The van der Waals surface area contributed by atoms with Crippen molar-refractivity contribution in [2.24, 2.45) is 0 Å². The molecule has 2 nitrogen and oxygen atoms in total. The summed E-state index contributed by atoms with van der Waals surface area (Å²) in [6.45, 7) is 1.31. The monoisotopic (exact) mass is 324 g/mol. The van der Waals surface area contributed by atoms with Gasteiger partial charge >= 0.3 is 85.8 Å². The molecule has 0 fully saturated rings. The van der Waals surface area contributed by atoms with E-state index in [1.807, 2.05) is 0 Å². The van der Waals surface area contributed by atoms with Gasteiger partial charge in [0.15, 0.2) is 0 Å². The van der Waals surface area contributed by atoms with Gasteiger partial charge in [-0.3, -0.25) is 0 Å². The van der Waals surface area contributed by atoms with E-state index in [0.717, 1.165) is 0 Å². The predicted octanol–water partition coefficient (Wildman–Crippen LogP) is 2.88. The average Bonchev–Trinajstić information content (AvgIpc) is 2.28. The summed E-state index contributed by atoms with van der Waals surface area (Å²) in [5.41, 5.74) is -1.42. The van der Waals surface area contributed by atoms with Crippen molar-refractivity contribution in [3.05, 3.63) is 17.2 Å². The molecule has 1 heterocycles. The average molecular weight is 324 g/mol. The van der Waals surface area contributed by atoms with E-state index in [0.29, 0.717) is 0 Å². The summed E-state index contributed by atoms with van der Waals surface area (Å²) in [5.74, 6) is -1.25. The zero-order chi connectivity index (χ0) is 11.1. The summed E-state index contributed by atoms with van der Waals surface area (Å²) < 4.78 is 50.9. The number of nitrogens with zero attached hydrogens (tertiary/aromatic N) is 2. The number of aromatic nitrogens is 2. The van der Waals surface area contributed by atoms with Crippen molar-refractivity contribution in [3.8, 4) is 0 Å². The van der Waals surface area contributed by atoms with Crippen molar-refractivity contribution >= 4 is 20.1 Å². The molecular formula is C7H9F4IN2. The van der Waals surface area contributed by atoms with Crippen LogP contribution in [0.4, 0.5) is 17.6 Å². The molecule has 0 atom stereocenters. The fourth-order valence-electron chi connectivity index (χ4n) is 0.969. The molecule has 0 unspecified atom stereocenters. The molecule has 1 aromatic heterocycles. The third kappa shape index (κ3) is 2.01. The van der Waals surface area contributed by atoms with Crippen LogP contribution in [0.5, 0.6) is 0 Å². The minimum absolute atomic E-state index is 0.0208. The Bertz CT molecular complexity index is 342. The molecule has 0 radical (unpaired) electrons. The third-order valence-corrected chi connectivity index (χ3v) is 4.35. The fraction of sp³-hybridized carbons (Fsp3) is 0.571. The third-order valence-electron chi connectivity index (χ3n) is 1.58. The van der Waals surface area contributed by atoms with E-state index in [9.17, 15) is 17.6 Å². The van der Waals surface area contributed by atoms with E-state index in [1.54, 1.807) is 9.86 Å². The Morgan fingerprint density at radius 2 is 1.79 bits per heavy atom. The maximum atomic E-state index is 13.1. The molecule has 0 saturated heterocycles. The summed E-state index contributed by atoms with van der Waals surface area (Å²) >= 11 is -1.75. The van der Waals surface area contributed by atoms with Crippen LogP contribution in [0.25, 0.3) is 0 Å². The molecule has 14 heavy (non-hydrogen) atoms. The Hall–Kier alpha value is -0.340. The van der Waals surface area contributed by atoms with Crippen LogP contribution in [0, 0.1) is 12.7 Å². The van der Waals surface area contributed by atoms with Crippen LogP contribution in [-0.4, -0.2) is 17.9 Å². The summed E-state index contributed by atoms with van der Waals surface area (Å²) in [7, 11) is 0. The van der Waals surface area contributed by atoms with Crippen LogP contribution in [0.1, 0.15) is 11.4 Å². The molecule has 0 N–H and O–H groups in total. The van der Waals surface area contributed by atoms with Crippen molar-refractivity contribution in [2.75, 3.05) is 9.86 Å². The fourth-order valence-corrected chi connectivity index (χ4v) is 3.28. The molecule has 0 spiro atoms. The van der Waals surface area contributed by atoms with Crippen molar-refractivity contribution in [2.45, 2.75) is 13.1 Å². The van der Waals surface area contributed by atoms with Gasteiger partial charge in [-0.15, -0.1) is 0 Å². The molecular weight excluding hydrogens is 315 g/mol. The summed E-state index contributed by atoms with van der Waals surface area (Å²) in [4.78, 5) is 3.59. The first-order valence-corrected chi connectivity index (χ1v) is 8.86. The maximum absolute atomic E-state index is 13.1. The number of alkyl halides is 5. The van der Waals surface area contributed by atoms with E-state index in [4.69, 9.17) is 0 Å². The topological polar surface area (TPSA) is 17.8 Å². The van der Waals surface area contributed by atoms with E-state index >= 15 is 0 Å². The van der Waals surface area contributed by atoms with Gasteiger partial charge < -0.3 is 0 Å². The van der Waals surface area contributed by atoms with Crippen LogP contribution in [0.2, 0.25) is 0 Å². The van der Waals surface area contributed by atoms with E-state index in [-0.39, 0.29) is 5.69 Å². The van der Waals surface area contributed by atoms with Crippen molar-refractivity contribution in [1.29, 1.82) is 0 Å². The van der Waals surface area contributed by atoms with Gasteiger partial charge in [0.05, 0.1) is 0 Å². The molecule has 0 aliphatic rings. The van der Waals surface area contributed by atoms with Gasteiger partial charge in [0.1, 0.15) is 0 Å². The van der Waals surface area contributed by atoms with E-state index in [2.05, 4.69) is 5.10 Å². The van der Waals surface area contributed by atoms with E-state index < -0.39 is 37.8 Å². The van der Waals surface area contributed by atoms with Crippen molar-refractivity contribution in [3.63, 3.8) is 0 Å². The van der Waals surface area contributed by atoms with Gasteiger partial charge in [-0.2, -0.15) is 0 Å². The molecule has 0 bridgehead atoms. The molecule has 0 amide bonds. The molecule has 7 heteroatoms. The summed E-state index contributed by atoms with van der Waals surface area (Å²) in [6, 6.07) is 0. The van der Waals surface area contributed by atoms with Gasteiger partial charge in [-0.25, -0.2) is 0 Å². The van der Waals surface area contributed by atoms with Crippen LogP contribution < -0.4 is 0 Å². The Kier molecular flexibility index (Phi) is 3.07. The van der Waals surface area contributed by atoms with E-state index in [1.165, 1.54) is 9.82 Å². The first kappa shape index (κ1) is 11.7. The predicted molar refractivity (Wildman–Crippen MR) is 53.2 cm³/mol. The second-order valence-electron chi connectivity index (χ2n) is 2.82. The number of hydrogen-bond donors (Lipinski definition) is 0. The Labute approximate surface area is 86.0 Å². The first-order chi connectivity index (χ1) is 6.25. The number of rotatable bonds is 1.